The van der Waals surface area contributed by atoms with Crippen molar-refractivity contribution in [2.75, 3.05) is 5.73 Å². The van der Waals surface area contributed by atoms with Crippen LogP contribution in [-0.4, -0.2) is 19.5 Å². The molecule has 6 heteroatoms. The van der Waals surface area contributed by atoms with Crippen LogP contribution < -0.4 is 5.73 Å². The van der Waals surface area contributed by atoms with E-state index in [1.807, 2.05) is 0 Å². The highest BCUT2D eigenvalue weighted by Gasteiger charge is 2.10. The number of nitrogen functional groups attached to an aromatic ring is 1. The van der Waals surface area contributed by atoms with Crippen molar-refractivity contribution in [2.24, 2.45) is 7.05 Å². The lowest BCUT2D eigenvalue weighted by atomic mass is 10.5. The highest BCUT2D eigenvalue weighted by atomic mass is 35.5. The predicted molar refractivity (Wildman–Crippen MR) is 50.5 cm³/mol. The Labute approximate surface area is 79.6 Å². The fourth-order valence-corrected chi connectivity index (χ4v) is 1.33. The van der Waals surface area contributed by atoms with Crippen molar-refractivity contribution in [3.8, 4) is 0 Å². The van der Waals surface area contributed by atoms with Crippen LogP contribution in [0.15, 0.2) is 0 Å². The fraction of sp³-hybridized carbons (Fsp3) is 0.286. The third kappa shape index (κ3) is 1.12. The van der Waals surface area contributed by atoms with E-state index < -0.39 is 0 Å². The van der Waals surface area contributed by atoms with Crippen molar-refractivity contribution in [1.29, 1.82) is 0 Å². The van der Waals surface area contributed by atoms with E-state index in [4.69, 9.17) is 17.3 Å². The van der Waals surface area contributed by atoms with Gasteiger partial charge in [0.1, 0.15) is 5.82 Å². The molecule has 0 amide bonds. The van der Waals surface area contributed by atoms with E-state index in [0.717, 1.165) is 0 Å². The summed E-state index contributed by atoms with van der Waals surface area (Å²) >= 11 is 5.80. The van der Waals surface area contributed by atoms with Gasteiger partial charge in [0.05, 0.1) is 0 Å². The van der Waals surface area contributed by atoms with Gasteiger partial charge in [-0.3, -0.25) is 0 Å². The zero-order valence-corrected chi connectivity index (χ0v) is 8.00. The summed E-state index contributed by atoms with van der Waals surface area (Å²) in [6.07, 6.45) is 0. The number of nitrogens with zero attached hydrogens (tertiary/aromatic N) is 4. The Balaban J connectivity index is 2.94. The summed E-state index contributed by atoms with van der Waals surface area (Å²) in [5.74, 6) is 0.981. The van der Waals surface area contributed by atoms with Crippen LogP contribution in [0.1, 0.15) is 5.82 Å². The van der Waals surface area contributed by atoms with Gasteiger partial charge in [0.15, 0.2) is 17.0 Å². The van der Waals surface area contributed by atoms with Gasteiger partial charge in [-0.2, -0.15) is 0 Å². The lowest BCUT2D eigenvalue weighted by Crippen LogP contribution is -1.98. The molecule has 68 valence electrons. The van der Waals surface area contributed by atoms with Crippen molar-refractivity contribution in [2.45, 2.75) is 6.92 Å². The van der Waals surface area contributed by atoms with E-state index in [2.05, 4.69) is 15.0 Å². The molecule has 2 heterocycles. The Morgan fingerprint density at radius 2 is 2.00 bits per heavy atom. The number of hydrogen-bond donors (Lipinski definition) is 1. The molecule has 0 aromatic carbocycles. The molecule has 0 fully saturated rings. The summed E-state index contributed by atoms with van der Waals surface area (Å²) in [4.78, 5) is 12.2. The molecular formula is C7H8ClN5. The maximum absolute atomic E-state index is 5.80. The van der Waals surface area contributed by atoms with Gasteiger partial charge in [-0.15, -0.1) is 0 Å². The molecule has 0 aliphatic rings. The quantitative estimate of drug-likeness (QED) is 0.638. The largest absolute Gasteiger partial charge is 0.382 e. The molecule has 0 aliphatic carbocycles. The SMILES string of the molecule is Cc1nc(N)c2nc(Cl)n(C)c2n1. The maximum Gasteiger partial charge on any atom is 0.204 e. The fourth-order valence-electron chi connectivity index (χ4n) is 1.17. The Bertz CT molecular complexity index is 475. The molecule has 2 aromatic heterocycles. The second kappa shape index (κ2) is 2.56. The van der Waals surface area contributed by atoms with Gasteiger partial charge < -0.3 is 10.3 Å². The van der Waals surface area contributed by atoms with E-state index in [0.29, 0.717) is 28.1 Å². The standard InChI is InChI=1S/C7H8ClN5/c1-3-10-5(9)4-6(11-3)13(2)7(8)12-4/h1-2H3,(H2,9,10,11). The highest BCUT2D eigenvalue weighted by molar-refractivity contribution is 6.29. The molecule has 0 atom stereocenters. The van der Waals surface area contributed by atoms with Gasteiger partial charge in [0.2, 0.25) is 5.28 Å². The molecule has 0 spiro atoms. The number of imidazole rings is 1. The molecule has 0 saturated heterocycles. The molecule has 0 radical (unpaired) electrons. The van der Waals surface area contributed by atoms with Crippen molar-refractivity contribution >= 4 is 28.6 Å². The molecule has 0 aliphatic heterocycles. The summed E-state index contributed by atoms with van der Waals surface area (Å²) in [6, 6.07) is 0. The van der Waals surface area contributed by atoms with Crippen LogP contribution in [0, 0.1) is 6.92 Å². The van der Waals surface area contributed by atoms with Crippen molar-refractivity contribution in [1.82, 2.24) is 19.5 Å². The zero-order chi connectivity index (χ0) is 9.59. The first-order chi connectivity index (χ1) is 6.09. The topological polar surface area (TPSA) is 69.6 Å². The first-order valence-corrected chi connectivity index (χ1v) is 4.09. The Hall–Kier alpha value is -1.36. The first kappa shape index (κ1) is 8.25. The van der Waals surface area contributed by atoms with Crippen LogP contribution in [0.3, 0.4) is 0 Å². The summed E-state index contributed by atoms with van der Waals surface area (Å²) in [6.45, 7) is 1.77. The second-order valence-electron chi connectivity index (χ2n) is 2.77. The van der Waals surface area contributed by atoms with Crippen LogP contribution in [0.25, 0.3) is 11.2 Å². The van der Waals surface area contributed by atoms with Crippen LogP contribution in [-0.2, 0) is 7.05 Å². The van der Waals surface area contributed by atoms with E-state index in [-0.39, 0.29) is 0 Å². The van der Waals surface area contributed by atoms with Gasteiger partial charge >= 0.3 is 0 Å². The van der Waals surface area contributed by atoms with Crippen LogP contribution in [0.4, 0.5) is 5.82 Å². The zero-order valence-electron chi connectivity index (χ0n) is 7.24. The number of fused-ring (bicyclic) bond motifs is 1. The van der Waals surface area contributed by atoms with Gasteiger partial charge in [-0.1, -0.05) is 0 Å². The third-order valence-electron chi connectivity index (χ3n) is 1.80. The first-order valence-electron chi connectivity index (χ1n) is 3.71. The molecule has 0 bridgehead atoms. The molecular weight excluding hydrogens is 190 g/mol. The molecule has 2 N–H and O–H groups in total. The normalized spacial score (nSPS) is 11.0. The minimum absolute atomic E-state index is 0.363. The number of hydrogen-bond acceptors (Lipinski definition) is 4. The van der Waals surface area contributed by atoms with Gasteiger partial charge in [0, 0.05) is 7.05 Å². The van der Waals surface area contributed by atoms with Crippen molar-refractivity contribution < 1.29 is 0 Å². The average molecular weight is 198 g/mol. The van der Waals surface area contributed by atoms with Crippen LogP contribution in [0.2, 0.25) is 5.28 Å². The minimum atomic E-state index is 0.363. The second-order valence-corrected chi connectivity index (χ2v) is 3.11. The monoisotopic (exact) mass is 197 g/mol. The van der Waals surface area contributed by atoms with Crippen molar-refractivity contribution in [3.05, 3.63) is 11.1 Å². The van der Waals surface area contributed by atoms with Gasteiger partial charge in [0.25, 0.3) is 0 Å². The summed E-state index contributed by atoms with van der Waals surface area (Å²) in [5, 5.41) is 0.363. The molecule has 5 nitrogen and oxygen atoms in total. The molecule has 0 unspecified atom stereocenters. The summed E-state index contributed by atoms with van der Waals surface area (Å²) < 4.78 is 1.67. The summed E-state index contributed by atoms with van der Waals surface area (Å²) in [7, 11) is 1.78. The van der Waals surface area contributed by atoms with E-state index in [9.17, 15) is 0 Å². The molecule has 2 aromatic rings. The third-order valence-corrected chi connectivity index (χ3v) is 2.14. The lowest BCUT2D eigenvalue weighted by molar-refractivity contribution is 0.921. The Kier molecular flexibility index (Phi) is 1.63. The Morgan fingerprint density at radius 3 is 2.69 bits per heavy atom. The van der Waals surface area contributed by atoms with Crippen molar-refractivity contribution in [3.63, 3.8) is 0 Å². The van der Waals surface area contributed by atoms with E-state index >= 15 is 0 Å². The van der Waals surface area contributed by atoms with Gasteiger partial charge in [-0.25, -0.2) is 15.0 Å². The highest BCUT2D eigenvalue weighted by Crippen LogP contribution is 2.19. The molecule has 0 saturated carbocycles. The number of halogens is 1. The number of anilines is 1. The van der Waals surface area contributed by atoms with Gasteiger partial charge in [-0.05, 0) is 18.5 Å². The predicted octanol–water partition coefficient (Wildman–Crippen LogP) is 0.907. The van der Waals surface area contributed by atoms with Crippen LogP contribution >= 0.6 is 11.6 Å². The molecule has 2 rings (SSSR count). The lowest BCUT2D eigenvalue weighted by Gasteiger charge is -1.97. The molecule has 13 heavy (non-hydrogen) atoms. The maximum atomic E-state index is 5.80. The minimum Gasteiger partial charge on any atom is -0.382 e. The summed E-state index contributed by atoms with van der Waals surface area (Å²) in [5.41, 5.74) is 6.87. The number of aromatic nitrogens is 4. The van der Waals surface area contributed by atoms with E-state index in [1.165, 1.54) is 0 Å². The number of nitrogens with two attached hydrogens (primary N) is 1. The smallest absolute Gasteiger partial charge is 0.204 e. The van der Waals surface area contributed by atoms with Crippen LogP contribution in [0.5, 0.6) is 0 Å². The number of aryl methyl sites for hydroxylation is 2. The van der Waals surface area contributed by atoms with E-state index in [1.54, 1.807) is 18.5 Å². The number of rotatable bonds is 0. The Morgan fingerprint density at radius 1 is 1.31 bits per heavy atom. The average Bonchev–Trinajstić information content (AvgIpc) is 2.32.